The first-order chi connectivity index (χ1) is 17.1. The molecular weight excluding hydrogens is 556 g/mol. The topological polar surface area (TPSA) is 145 Å². The number of carbonyl (C=O) groups excluding carboxylic acids is 1. The van der Waals surface area contributed by atoms with Crippen molar-refractivity contribution in [1.29, 1.82) is 0 Å². The Bertz CT molecular complexity index is 889. The van der Waals surface area contributed by atoms with Crippen LogP contribution in [0.15, 0.2) is 0 Å². The minimum Gasteiger partial charge on any atom is -0.475 e. The Kier molecular flexibility index (Phi) is 13.5. The molecule has 18 heteroatoms. The van der Waals surface area contributed by atoms with E-state index in [9.17, 15) is 39.6 Å². The summed E-state index contributed by atoms with van der Waals surface area (Å²) in [6.07, 6.45) is -7.52. The number of hydrogen-bond donors (Lipinski definition) is 2. The van der Waals surface area contributed by atoms with Crippen molar-refractivity contribution >= 4 is 27.9 Å². The molecule has 2 atom stereocenters. The van der Waals surface area contributed by atoms with Crippen LogP contribution in [0.3, 0.4) is 0 Å². The molecule has 0 aliphatic carbocycles. The second-order valence-corrected chi connectivity index (χ2v) is 10.9. The van der Waals surface area contributed by atoms with Gasteiger partial charge >= 0.3 is 30.3 Å². The van der Waals surface area contributed by atoms with Gasteiger partial charge in [0.05, 0.1) is 18.3 Å². The lowest BCUT2D eigenvalue weighted by atomic mass is 9.75. The molecule has 2 N–H and O–H groups in total. The van der Waals surface area contributed by atoms with E-state index in [4.69, 9.17) is 24.5 Å². The number of rotatable bonds is 6. The van der Waals surface area contributed by atoms with E-state index < -0.39 is 39.7 Å². The van der Waals surface area contributed by atoms with Gasteiger partial charge in [-0.05, 0) is 33.9 Å². The first-order valence-electron chi connectivity index (χ1n) is 11.2. The van der Waals surface area contributed by atoms with Gasteiger partial charge in [-0.15, -0.1) is 0 Å². The number of hydrogen-bond acceptors (Lipinski definition) is 8. The maximum absolute atomic E-state index is 12.8. The number of carboxylic acid groups (broad SMARTS) is 2. The fourth-order valence-electron chi connectivity index (χ4n) is 3.92. The van der Waals surface area contributed by atoms with Gasteiger partial charge in [-0.3, -0.25) is 4.79 Å². The lowest BCUT2D eigenvalue weighted by Gasteiger charge is -2.31. The lowest BCUT2D eigenvalue weighted by Crippen LogP contribution is -2.43. The van der Waals surface area contributed by atoms with Crippen molar-refractivity contribution in [2.24, 2.45) is 11.3 Å². The summed E-state index contributed by atoms with van der Waals surface area (Å²) >= 11 is 0. The number of carbonyl (C=O) groups is 3. The molecular formula is C20H33F6N3O8S. The summed E-state index contributed by atoms with van der Waals surface area (Å²) in [6, 6.07) is 0. The lowest BCUT2D eigenvalue weighted by molar-refractivity contribution is -0.193. The summed E-state index contributed by atoms with van der Waals surface area (Å²) in [4.78, 5) is 35.0. The third kappa shape index (κ3) is 11.7. The van der Waals surface area contributed by atoms with Crippen LogP contribution in [-0.2, 0) is 29.1 Å². The van der Waals surface area contributed by atoms with Crippen molar-refractivity contribution in [3.63, 3.8) is 0 Å². The molecule has 2 rings (SSSR count). The molecule has 224 valence electrons. The molecule has 0 saturated carbocycles. The predicted octanol–water partition coefficient (Wildman–Crippen LogP) is 1.35. The zero-order valence-corrected chi connectivity index (χ0v) is 22.1. The second kappa shape index (κ2) is 14.3. The van der Waals surface area contributed by atoms with E-state index in [-0.39, 0.29) is 11.9 Å². The van der Waals surface area contributed by atoms with Gasteiger partial charge in [0.2, 0.25) is 10.0 Å². The average Bonchev–Trinajstić information content (AvgIpc) is 2.98. The molecule has 0 aromatic rings. The number of alkyl halides is 6. The van der Waals surface area contributed by atoms with Crippen molar-refractivity contribution in [3.05, 3.63) is 0 Å². The minimum atomic E-state index is -5.08. The van der Waals surface area contributed by atoms with Gasteiger partial charge in [0, 0.05) is 45.2 Å². The van der Waals surface area contributed by atoms with Crippen molar-refractivity contribution in [2.75, 3.05) is 66.2 Å². The summed E-state index contributed by atoms with van der Waals surface area (Å²) < 4.78 is 94.4. The molecule has 0 aromatic carbocycles. The Balaban J connectivity index is 0.000000804. The molecule has 0 spiro atoms. The van der Waals surface area contributed by atoms with E-state index in [0.29, 0.717) is 39.1 Å². The van der Waals surface area contributed by atoms with Crippen molar-refractivity contribution < 1.29 is 64.1 Å². The summed E-state index contributed by atoms with van der Waals surface area (Å²) in [5.41, 5.74) is -0.568. The highest BCUT2D eigenvalue weighted by Gasteiger charge is 2.54. The van der Waals surface area contributed by atoms with Crippen LogP contribution in [0, 0.1) is 11.3 Å². The fraction of sp³-hybridized carbons (Fsp3) is 0.850. The van der Waals surface area contributed by atoms with Gasteiger partial charge in [-0.2, -0.15) is 26.3 Å². The van der Waals surface area contributed by atoms with Crippen LogP contribution in [0.25, 0.3) is 0 Å². The van der Waals surface area contributed by atoms with E-state index in [0.717, 1.165) is 19.6 Å². The Morgan fingerprint density at radius 2 is 1.50 bits per heavy atom. The van der Waals surface area contributed by atoms with Gasteiger partial charge in [0.25, 0.3) is 0 Å². The minimum absolute atomic E-state index is 0.00376. The van der Waals surface area contributed by atoms with Gasteiger partial charge in [0.15, 0.2) is 0 Å². The Morgan fingerprint density at radius 1 is 1.03 bits per heavy atom. The Morgan fingerprint density at radius 3 is 1.87 bits per heavy atom. The van der Waals surface area contributed by atoms with Gasteiger partial charge in [-0.25, -0.2) is 22.3 Å². The fourth-order valence-corrected chi connectivity index (χ4v) is 4.84. The average molecular weight is 590 g/mol. The summed E-state index contributed by atoms with van der Waals surface area (Å²) in [5, 5.41) is 14.2. The van der Waals surface area contributed by atoms with Gasteiger partial charge in [0.1, 0.15) is 0 Å². The van der Waals surface area contributed by atoms with E-state index in [1.807, 2.05) is 21.0 Å². The molecule has 38 heavy (non-hydrogen) atoms. The number of ether oxygens (including phenoxy) is 1. The van der Waals surface area contributed by atoms with Crippen LogP contribution in [0.5, 0.6) is 0 Å². The van der Waals surface area contributed by atoms with Gasteiger partial charge < -0.3 is 24.7 Å². The van der Waals surface area contributed by atoms with Crippen molar-refractivity contribution in [2.45, 2.75) is 32.1 Å². The molecule has 0 amide bonds. The van der Waals surface area contributed by atoms with Crippen molar-refractivity contribution in [3.8, 4) is 0 Å². The first kappa shape index (κ1) is 35.8. The number of sulfonamides is 1. The number of halogens is 6. The van der Waals surface area contributed by atoms with Crippen LogP contribution in [0.4, 0.5) is 26.3 Å². The van der Waals surface area contributed by atoms with Crippen LogP contribution in [0.1, 0.15) is 19.8 Å². The van der Waals surface area contributed by atoms with E-state index >= 15 is 0 Å². The number of aliphatic carboxylic acids is 2. The third-order valence-corrected chi connectivity index (χ3v) is 6.99. The number of fused-ring (bicyclic) bond motifs is 1. The maximum atomic E-state index is 12.8. The molecule has 2 heterocycles. The van der Waals surface area contributed by atoms with E-state index in [1.165, 1.54) is 10.6 Å². The van der Waals surface area contributed by atoms with Gasteiger partial charge in [-0.1, -0.05) is 0 Å². The normalized spacial score (nSPS) is 22.8. The first-order valence-corrected chi connectivity index (χ1v) is 13.0. The summed E-state index contributed by atoms with van der Waals surface area (Å²) in [7, 11) is 0.816. The molecule has 0 unspecified atom stereocenters. The zero-order valence-electron chi connectivity index (χ0n) is 21.3. The number of nitrogens with zero attached hydrogens (tertiary/aromatic N) is 3. The monoisotopic (exact) mass is 589 g/mol. The molecule has 2 saturated heterocycles. The quantitative estimate of drug-likeness (QED) is 0.344. The van der Waals surface area contributed by atoms with Crippen LogP contribution in [0.2, 0.25) is 0 Å². The Labute approximate surface area is 216 Å². The molecule has 2 fully saturated rings. The highest BCUT2D eigenvalue weighted by molar-refractivity contribution is 7.88. The maximum Gasteiger partial charge on any atom is 0.490 e. The SMILES string of the molecule is CCOC(=O)[C@]12CCCN(S(C)(=O)=O)C[C@H]1CN(CCN(C)C)C2.O=C(O)C(F)(F)F.O=C(O)C(F)(F)F. The Hall–Kier alpha value is -2.18. The highest BCUT2D eigenvalue weighted by atomic mass is 32.2. The second-order valence-electron chi connectivity index (χ2n) is 8.94. The third-order valence-electron chi connectivity index (χ3n) is 5.72. The highest BCUT2D eigenvalue weighted by Crippen LogP contribution is 2.44. The predicted molar refractivity (Wildman–Crippen MR) is 121 cm³/mol. The molecule has 11 nitrogen and oxygen atoms in total. The zero-order chi connectivity index (χ0) is 30.1. The molecule has 2 aliphatic rings. The largest absolute Gasteiger partial charge is 0.490 e. The molecule has 0 aromatic heterocycles. The van der Waals surface area contributed by atoms with E-state index in [1.54, 1.807) is 0 Å². The summed E-state index contributed by atoms with van der Waals surface area (Å²) in [5.74, 6) is -5.67. The smallest absolute Gasteiger partial charge is 0.475 e. The molecule has 0 radical (unpaired) electrons. The van der Waals surface area contributed by atoms with Crippen molar-refractivity contribution in [1.82, 2.24) is 14.1 Å². The number of likely N-dealkylation sites (N-methyl/N-ethyl adjacent to an activating group) is 1. The number of esters is 1. The van der Waals surface area contributed by atoms with E-state index in [2.05, 4.69) is 9.80 Å². The van der Waals surface area contributed by atoms with Crippen LogP contribution >= 0.6 is 0 Å². The number of carboxylic acids is 2. The number of likely N-dealkylation sites (tertiary alicyclic amines) is 1. The standard InChI is InChI=1S/C16H31N3O4S.2C2HF3O2/c1-5-23-15(20)16-7-6-8-19(24(4,21)22)12-14(16)11-18(13-16)10-9-17(2)3;2*3-2(4,5)1(6)7/h14H,5-13H2,1-4H3;2*(H,6,7)/t14-,16+;;/m1../s1. The molecule has 0 bridgehead atoms. The summed E-state index contributed by atoms with van der Waals surface area (Å²) in [6.45, 7) is 6.30. The van der Waals surface area contributed by atoms with Crippen LogP contribution < -0.4 is 0 Å². The molecule has 2 aliphatic heterocycles. The van der Waals surface area contributed by atoms with Crippen LogP contribution in [-0.4, -0.2) is 129 Å².